The predicted octanol–water partition coefficient (Wildman–Crippen LogP) is 2.77. The average molecular weight is 486 g/mol. The number of aryl methyl sites for hydroxylation is 1. The van der Waals surface area contributed by atoms with Crippen LogP contribution in [0.15, 0.2) is 36.8 Å². The summed E-state index contributed by atoms with van der Waals surface area (Å²) < 4.78 is 9.64. The van der Waals surface area contributed by atoms with Gasteiger partial charge in [-0.15, -0.1) is 0 Å². The van der Waals surface area contributed by atoms with Crippen molar-refractivity contribution < 1.29 is 4.74 Å². The molecule has 10 heteroatoms. The lowest BCUT2D eigenvalue weighted by molar-refractivity contribution is 0.0662. The van der Waals surface area contributed by atoms with E-state index in [1.54, 1.807) is 6.20 Å². The lowest BCUT2D eigenvalue weighted by Gasteiger charge is -2.35. The van der Waals surface area contributed by atoms with Crippen molar-refractivity contribution in [3.05, 3.63) is 36.8 Å². The van der Waals surface area contributed by atoms with Crippen LogP contribution < -0.4 is 16.0 Å². The second-order valence-electron chi connectivity index (χ2n) is 10.2. The number of aromatic nitrogens is 6. The number of fused-ring (bicyclic) bond motifs is 3. The van der Waals surface area contributed by atoms with Crippen LogP contribution in [0.3, 0.4) is 0 Å². The van der Waals surface area contributed by atoms with Gasteiger partial charge in [0.05, 0.1) is 40.9 Å². The van der Waals surface area contributed by atoms with Crippen LogP contribution >= 0.6 is 0 Å². The SMILES string of the molecule is Cn1c(-c2nc(-c3cnn(C4CCOCC4)c3)cnc2N)nc2cccc(N3CC4CCC(C3)N4)c21. The molecule has 6 heterocycles. The molecule has 2 atom stereocenters. The van der Waals surface area contributed by atoms with Crippen LogP contribution in [0.5, 0.6) is 0 Å². The molecule has 4 aromatic rings. The van der Waals surface area contributed by atoms with Gasteiger partial charge in [0.25, 0.3) is 0 Å². The maximum atomic E-state index is 6.36. The summed E-state index contributed by atoms with van der Waals surface area (Å²) >= 11 is 0. The minimum absolute atomic E-state index is 0.354. The molecule has 3 aromatic heterocycles. The molecule has 0 spiro atoms. The number of para-hydroxylation sites is 1. The van der Waals surface area contributed by atoms with Crippen molar-refractivity contribution in [1.82, 2.24) is 34.6 Å². The Labute approximate surface area is 209 Å². The van der Waals surface area contributed by atoms with Crippen molar-refractivity contribution in [2.75, 3.05) is 36.9 Å². The number of nitrogens with zero attached hydrogens (tertiary/aromatic N) is 7. The number of piperazine rings is 1. The van der Waals surface area contributed by atoms with E-state index in [0.29, 0.717) is 29.6 Å². The van der Waals surface area contributed by atoms with Crippen LogP contribution in [0, 0.1) is 0 Å². The summed E-state index contributed by atoms with van der Waals surface area (Å²) in [7, 11) is 2.04. The number of nitrogens with two attached hydrogens (primary N) is 1. The number of ether oxygens (including phenoxy) is 1. The van der Waals surface area contributed by atoms with Gasteiger partial charge < -0.3 is 25.3 Å². The number of hydrogen-bond acceptors (Lipinski definition) is 8. The Bertz CT molecular complexity index is 1410. The Hall–Kier alpha value is -3.50. The number of imidazole rings is 1. The highest BCUT2D eigenvalue weighted by Gasteiger charge is 2.33. The number of nitrogen functional groups attached to an aromatic ring is 1. The van der Waals surface area contributed by atoms with Gasteiger partial charge in [-0.1, -0.05) is 6.07 Å². The Morgan fingerprint density at radius 2 is 1.83 bits per heavy atom. The van der Waals surface area contributed by atoms with Gasteiger partial charge >= 0.3 is 0 Å². The molecular formula is C26H31N9O. The van der Waals surface area contributed by atoms with E-state index >= 15 is 0 Å². The normalized spacial score (nSPS) is 22.5. The lowest BCUT2D eigenvalue weighted by Crippen LogP contribution is -2.51. The Morgan fingerprint density at radius 1 is 1.03 bits per heavy atom. The summed E-state index contributed by atoms with van der Waals surface area (Å²) in [6, 6.07) is 7.83. The maximum absolute atomic E-state index is 6.36. The first-order valence-electron chi connectivity index (χ1n) is 12.9. The number of rotatable bonds is 4. The summed E-state index contributed by atoms with van der Waals surface area (Å²) in [5.74, 6) is 1.09. The van der Waals surface area contributed by atoms with Gasteiger partial charge in [0.15, 0.2) is 11.6 Å². The third-order valence-corrected chi connectivity index (χ3v) is 7.90. The molecule has 2 bridgehead atoms. The molecule has 3 saturated heterocycles. The van der Waals surface area contributed by atoms with E-state index in [0.717, 1.165) is 67.3 Å². The van der Waals surface area contributed by atoms with Crippen LogP contribution in [-0.4, -0.2) is 67.7 Å². The Balaban J connectivity index is 1.26. The summed E-state index contributed by atoms with van der Waals surface area (Å²) in [4.78, 5) is 16.9. The third kappa shape index (κ3) is 3.63. The number of anilines is 2. The van der Waals surface area contributed by atoms with Gasteiger partial charge in [-0.25, -0.2) is 15.0 Å². The standard InChI is InChI=1S/C26H31N9O/c1-33-24-20(3-2-4-22(24)34-14-17-5-6-18(15-34)30-17)32-26(33)23-25(27)28-12-21(31-23)16-11-29-35(13-16)19-7-9-36-10-8-19/h2-4,11-13,17-19,30H,5-10,14-15H2,1H3,(H2,27,28). The molecule has 1 aromatic carbocycles. The van der Waals surface area contributed by atoms with E-state index in [2.05, 4.69) is 43.1 Å². The lowest BCUT2D eigenvalue weighted by atomic mass is 10.1. The largest absolute Gasteiger partial charge is 0.382 e. The molecule has 186 valence electrons. The monoisotopic (exact) mass is 485 g/mol. The van der Waals surface area contributed by atoms with Crippen LogP contribution in [0.2, 0.25) is 0 Å². The topological polar surface area (TPSA) is 112 Å². The van der Waals surface area contributed by atoms with Gasteiger partial charge in [0.2, 0.25) is 0 Å². The van der Waals surface area contributed by atoms with Crippen molar-refractivity contribution in [3.8, 4) is 22.8 Å². The van der Waals surface area contributed by atoms with Gasteiger partial charge in [0.1, 0.15) is 5.69 Å². The first-order valence-corrected chi connectivity index (χ1v) is 12.9. The van der Waals surface area contributed by atoms with Gasteiger partial charge in [-0.05, 0) is 37.8 Å². The van der Waals surface area contributed by atoms with E-state index in [-0.39, 0.29) is 0 Å². The smallest absolute Gasteiger partial charge is 0.163 e. The van der Waals surface area contributed by atoms with Crippen LogP contribution in [0.1, 0.15) is 31.7 Å². The van der Waals surface area contributed by atoms with Gasteiger partial charge in [-0.3, -0.25) is 4.68 Å². The molecule has 3 aliphatic heterocycles. The second-order valence-corrected chi connectivity index (χ2v) is 10.2. The predicted molar refractivity (Wildman–Crippen MR) is 139 cm³/mol. The first kappa shape index (κ1) is 21.8. The molecule has 0 amide bonds. The van der Waals surface area contributed by atoms with Crippen LogP contribution in [0.4, 0.5) is 11.5 Å². The van der Waals surface area contributed by atoms with E-state index in [1.807, 2.05) is 24.1 Å². The number of nitrogens with one attached hydrogen (secondary N) is 1. The average Bonchev–Trinajstić information content (AvgIpc) is 3.62. The fraction of sp³-hybridized carbons (Fsp3) is 0.462. The van der Waals surface area contributed by atoms with Crippen LogP contribution in [0.25, 0.3) is 33.8 Å². The number of benzene rings is 1. The summed E-state index contributed by atoms with van der Waals surface area (Å²) in [5, 5.41) is 8.33. The van der Waals surface area contributed by atoms with E-state index in [9.17, 15) is 0 Å². The van der Waals surface area contributed by atoms with E-state index in [1.165, 1.54) is 18.5 Å². The zero-order valence-corrected chi connectivity index (χ0v) is 20.5. The van der Waals surface area contributed by atoms with Gasteiger partial charge in [0, 0.05) is 57.2 Å². The molecule has 2 unspecified atom stereocenters. The van der Waals surface area contributed by atoms with Gasteiger partial charge in [-0.2, -0.15) is 5.10 Å². The molecule has 3 N–H and O–H groups in total. The van der Waals surface area contributed by atoms with Crippen LogP contribution in [-0.2, 0) is 11.8 Å². The molecular weight excluding hydrogens is 454 g/mol. The van der Waals surface area contributed by atoms with Crippen molar-refractivity contribution in [3.63, 3.8) is 0 Å². The Morgan fingerprint density at radius 3 is 2.64 bits per heavy atom. The van der Waals surface area contributed by atoms with Crippen molar-refractivity contribution in [2.24, 2.45) is 7.05 Å². The molecule has 0 aliphatic carbocycles. The van der Waals surface area contributed by atoms with E-state index in [4.69, 9.17) is 20.4 Å². The first-order chi connectivity index (χ1) is 17.6. The second kappa shape index (κ2) is 8.56. The zero-order valence-electron chi connectivity index (χ0n) is 20.5. The van der Waals surface area contributed by atoms with E-state index < -0.39 is 0 Å². The highest BCUT2D eigenvalue weighted by atomic mass is 16.5. The molecule has 10 nitrogen and oxygen atoms in total. The zero-order chi connectivity index (χ0) is 24.2. The molecule has 0 saturated carbocycles. The fourth-order valence-electron chi connectivity index (χ4n) is 6.03. The summed E-state index contributed by atoms with van der Waals surface area (Å²) in [6.45, 7) is 3.58. The fourth-order valence-corrected chi connectivity index (χ4v) is 6.03. The summed E-state index contributed by atoms with van der Waals surface area (Å²) in [6.07, 6.45) is 10.0. The minimum atomic E-state index is 0.354. The molecule has 36 heavy (non-hydrogen) atoms. The molecule has 0 radical (unpaired) electrons. The molecule has 7 rings (SSSR count). The molecule has 3 fully saturated rings. The highest BCUT2D eigenvalue weighted by molar-refractivity contribution is 5.92. The van der Waals surface area contributed by atoms with Crippen molar-refractivity contribution in [2.45, 2.75) is 43.8 Å². The van der Waals surface area contributed by atoms with Crippen molar-refractivity contribution >= 4 is 22.5 Å². The quantitative estimate of drug-likeness (QED) is 0.454. The van der Waals surface area contributed by atoms with Crippen molar-refractivity contribution in [1.29, 1.82) is 0 Å². The Kier molecular flexibility index (Phi) is 5.17. The maximum Gasteiger partial charge on any atom is 0.163 e. The third-order valence-electron chi connectivity index (χ3n) is 7.90. The minimum Gasteiger partial charge on any atom is -0.382 e. The number of hydrogen-bond donors (Lipinski definition) is 2. The highest BCUT2D eigenvalue weighted by Crippen LogP contribution is 2.35. The molecule has 3 aliphatic rings. The summed E-state index contributed by atoms with van der Waals surface area (Å²) in [5.41, 5.74) is 11.9.